The molecule has 0 spiro atoms. The summed E-state index contributed by atoms with van der Waals surface area (Å²) < 4.78 is 4.10. The fourth-order valence-electron chi connectivity index (χ4n) is 9.65. The minimum absolute atomic E-state index is 0.0551. The van der Waals surface area contributed by atoms with Crippen molar-refractivity contribution in [1.29, 1.82) is 0 Å². The molecule has 4 aliphatic carbocycles. The Morgan fingerprint density at radius 3 is 1.67 bits per heavy atom. The first-order valence-electron chi connectivity index (χ1n) is 17.5. The summed E-state index contributed by atoms with van der Waals surface area (Å²) in [7, 11) is -1.49. The molecule has 0 saturated carbocycles. The average molecular weight is 700 g/mol. The summed E-state index contributed by atoms with van der Waals surface area (Å²) in [6, 6.07) is 22.2. The Balaban J connectivity index is 1.61. The molecule has 3 aromatic carbocycles. The molecular weight excluding hydrogens is 648 g/mol. The third kappa shape index (κ3) is 4.79. The molecule has 1 atom stereocenters. The van der Waals surface area contributed by atoms with Crippen molar-refractivity contribution in [2.45, 2.75) is 103 Å². The molecule has 0 nitrogen and oxygen atoms in total. The van der Waals surface area contributed by atoms with E-state index in [1.165, 1.54) is 50.1 Å². The summed E-state index contributed by atoms with van der Waals surface area (Å²) in [5, 5.41) is 1.71. The van der Waals surface area contributed by atoms with Crippen LogP contribution in [0.25, 0.3) is 22.3 Å². The molecule has 4 aliphatic rings. The predicted octanol–water partition coefficient (Wildman–Crippen LogP) is 12.1. The van der Waals surface area contributed by atoms with Crippen LogP contribution < -0.4 is 0 Å². The minimum atomic E-state index is -2.70. The van der Waals surface area contributed by atoms with E-state index in [0.29, 0.717) is 9.54 Å². The Morgan fingerprint density at radius 2 is 1.24 bits per heavy atom. The van der Waals surface area contributed by atoms with Gasteiger partial charge in [-0.3, -0.25) is 0 Å². The Kier molecular flexibility index (Phi) is 7.55. The Labute approximate surface area is 287 Å². The fourth-order valence-corrected chi connectivity index (χ4v) is 21.9. The van der Waals surface area contributed by atoms with Crippen LogP contribution in [0.3, 0.4) is 0 Å². The van der Waals surface area contributed by atoms with Gasteiger partial charge in [-0.25, -0.2) is 0 Å². The molecule has 3 aromatic rings. The van der Waals surface area contributed by atoms with Gasteiger partial charge in [0.25, 0.3) is 0 Å². The van der Waals surface area contributed by atoms with Crippen molar-refractivity contribution < 1.29 is 21.3 Å². The number of benzene rings is 3. The summed E-state index contributed by atoms with van der Waals surface area (Å²) in [4.78, 5) is 0. The molecule has 1 unspecified atom stereocenters. The van der Waals surface area contributed by atoms with Crippen molar-refractivity contribution in [1.82, 2.24) is 0 Å². The standard InChI is InChI=1S/C25H25.C10H17Si.C9H10.Zr/c1-14-12-24(3,4)22-8-16-7-17-9-23-19(15(2)13-25(23,5)6)11-21(17)20(16)10-18(14)22;1-8-6-9(2)10(7-8)11(3,4)5;1-2-6-9-7-4-3-5-8-9;/h7-13H,1-6H3;7-8H,1-5H3;3-5,7-8H,2H2,1H3;. The number of allylic oxidation sites excluding steroid dienone is 8. The summed E-state index contributed by atoms with van der Waals surface area (Å²) in [5.74, 6) is 0.512. The van der Waals surface area contributed by atoms with Crippen molar-refractivity contribution in [3.8, 4) is 11.1 Å². The SMILES string of the molecule is CC[C](c1ccccc1)=[Zr]([C]1=C(C)C([Si](C)(C)C)=CC1C)[CH]1c2cc3c(cc2-c2cc4c(cc21)C(C)(C)C=C4C)C(C)=CC3(C)C. The number of fused-ring (bicyclic) bond motifs is 5. The monoisotopic (exact) mass is 698 g/mol. The van der Waals surface area contributed by atoms with Gasteiger partial charge in [-0.1, -0.05) is 0 Å². The zero-order chi connectivity index (χ0) is 33.1. The van der Waals surface area contributed by atoms with Crippen LogP contribution in [-0.2, 0) is 32.1 Å². The van der Waals surface area contributed by atoms with Gasteiger partial charge in [0.15, 0.2) is 0 Å². The van der Waals surface area contributed by atoms with Crippen molar-refractivity contribution >= 4 is 22.4 Å². The van der Waals surface area contributed by atoms with E-state index in [1.807, 2.05) is 3.28 Å². The van der Waals surface area contributed by atoms with Crippen LogP contribution in [-0.4, -0.2) is 11.3 Å². The second-order valence-corrected chi connectivity index (χ2v) is 28.1. The molecule has 0 saturated heterocycles. The molecule has 0 bridgehead atoms. The Hall–Kier alpha value is -2.41. The van der Waals surface area contributed by atoms with Gasteiger partial charge in [-0.2, -0.15) is 0 Å². The molecular formula is C44H52SiZr. The van der Waals surface area contributed by atoms with E-state index in [0.717, 1.165) is 6.42 Å². The summed E-state index contributed by atoms with van der Waals surface area (Å²) >= 11 is -2.70. The molecule has 46 heavy (non-hydrogen) atoms. The Morgan fingerprint density at radius 1 is 0.739 bits per heavy atom. The molecule has 236 valence electrons. The van der Waals surface area contributed by atoms with Crippen LogP contribution in [0.5, 0.6) is 0 Å². The molecule has 0 amide bonds. The topological polar surface area (TPSA) is 0 Å². The summed E-state index contributed by atoms with van der Waals surface area (Å²) in [6.07, 6.45) is 8.83. The molecule has 0 fully saturated rings. The zero-order valence-corrected chi connectivity index (χ0v) is 33.7. The number of hydrogen-bond donors (Lipinski definition) is 0. The summed E-state index contributed by atoms with van der Waals surface area (Å²) in [6.45, 7) is 29.4. The van der Waals surface area contributed by atoms with Gasteiger partial charge in [-0.15, -0.1) is 0 Å². The zero-order valence-electron chi connectivity index (χ0n) is 30.3. The summed E-state index contributed by atoms with van der Waals surface area (Å²) in [5.41, 5.74) is 18.4. The van der Waals surface area contributed by atoms with Gasteiger partial charge >= 0.3 is 289 Å². The van der Waals surface area contributed by atoms with Gasteiger partial charge in [0.1, 0.15) is 0 Å². The van der Waals surface area contributed by atoms with Gasteiger partial charge in [0, 0.05) is 0 Å². The first-order valence-corrected chi connectivity index (χ1v) is 24.9. The third-order valence-corrected chi connectivity index (χ3v) is 23.3. The van der Waals surface area contributed by atoms with E-state index in [1.54, 1.807) is 25.1 Å². The van der Waals surface area contributed by atoms with Crippen LogP contribution >= 0.6 is 0 Å². The maximum absolute atomic E-state index is 2.70. The van der Waals surface area contributed by atoms with Crippen LogP contribution in [0.1, 0.15) is 111 Å². The fraction of sp³-hybridized carbons (Fsp3) is 0.386. The molecule has 7 rings (SSSR count). The van der Waals surface area contributed by atoms with Gasteiger partial charge in [0.2, 0.25) is 0 Å². The molecule has 0 radical (unpaired) electrons. The molecule has 0 aliphatic heterocycles. The van der Waals surface area contributed by atoms with Crippen LogP contribution in [0.4, 0.5) is 0 Å². The van der Waals surface area contributed by atoms with Crippen molar-refractivity contribution in [2.75, 3.05) is 0 Å². The van der Waals surface area contributed by atoms with Crippen molar-refractivity contribution in [2.24, 2.45) is 5.92 Å². The first kappa shape index (κ1) is 32.2. The van der Waals surface area contributed by atoms with E-state index in [9.17, 15) is 0 Å². The van der Waals surface area contributed by atoms with E-state index >= 15 is 0 Å². The maximum atomic E-state index is 2.70. The van der Waals surface area contributed by atoms with Gasteiger partial charge < -0.3 is 0 Å². The molecule has 0 N–H and O–H groups in total. The predicted molar refractivity (Wildman–Crippen MR) is 201 cm³/mol. The second kappa shape index (κ2) is 10.8. The van der Waals surface area contributed by atoms with E-state index in [2.05, 4.69) is 155 Å². The molecule has 0 aromatic heterocycles. The molecule has 0 heterocycles. The van der Waals surface area contributed by atoms with Crippen LogP contribution in [0.2, 0.25) is 19.6 Å². The Bertz CT molecular complexity index is 1900. The van der Waals surface area contributed by atoms with Crippen LogP contribution in [0.15, 0.2) is 86.9 Å². The number of rotatable bonds is 5. The van der Waals surface area contributed by atoms with Crippen molar-refractivity contribution in [3.63, 3.8) is 0 Å². The van der Waals surface area contributed by atoms with Crippen molar-refractivity contribution in [3.05, 3.63) is 126 Å². The van der Waals surface area contributed by atoms with Gasteiger partial charge in [-0.05, 0) is 0 Å². The quantitative estimate of drug-likeness (QED) is 0.233. The molecule has 2 heteroatoms. The van der Waals surface area contributed by atoms with E-state index in [4.69, 9.17) is 0 Å². The van der Waals surface area contributed by atoms with Crippen LogP contribution in [0, 0.1) is 5.92 Å². The second-order valence-electron chi connectivity index (χ2n) is 16.8. The van der Waals surface area contributed by atoms with Gasteiger partial charge in [0.05, 0.1) is 0 Å². The average Bonchev–Trinajstić information content (AvgIpc) is 3.61. The third-order valence-electron chi connectivity index (χ3n) is 11.6. The van der Waals surface area contributed by atoms with E-state index < -0.39 is 29.3 Å². The normalized spacial score (nSPS) is 21.4. The number of hydrogen-bond acceptors (Lipinski definition) is 0. The first-order chi connectivity index (χ1) is 21.5. The van der Waals surface area contributed by atoms with E-state index in [-0.39, 0.29) is 10.8 Å².